The molecular formula is C31H53N2O6PS. The Morgan fingerprint density at radius 2 is 1.61 bits per heavy atom. The first-order valence-corrected chi connectivity index (χ1v) is 17.6. The molecule has 1 aliphatic rings. The molecule has 41 heavy (non-hydrogen) atoms. The standard InChI is InChI=1S/C31H53N2O6PS/c1-3-4-5-6-7-8-9-10-11-12-13-14-15-18-21-32-31(34)37-25-29(36-2)26-38-40(35)39-30-20-17-16-19-28(30)24-33-22-23-41-27-33/h16-17,19-20,22-23,29,35H,3-15,18,21,24-27H2,1-2H3,(H,32,34). The van der Waals surface area contributed by atoms with Crippen molar-refractivity contribution in [3.8, 4) is 5.75 Å². The van der Waals surface area contributed by atoms with E-state index in [2.05, 4.69) is 22.5 Å². The third-order valence-corrected chi connectivity index (χ3v) is 8.55. The molecule has 0 saturated heterocycles. The molecule has 0 saturated carbocycles. The SMILES string of the molecule is CCCCCCCCCCCCCCCCNC(=O)OCC(COP(O)Oc1ccccc1CN1C=CSC1)OC. The van der Waals surface area contributed by atoms with E-state index in [-0.39, 0.29) is 13.2 Å². The number of nitrogens with one attached hydrogen (secondary N) is 1. The Labute approximate surface area is 253 Å². The van der Waals surface area contributed by atoms with E-state index in [0.717, 1.165) is 24.3 Å². The minimum atomic E-state index is -2.16. The van der Waals surface area contributed by atoms with Gasteiger partial charge in [-0.3, -0.25) is 4.52 Å². The lowest BCUT2D eigenvalue weighted by atomic mass is 10.0. The summed E-state index contributed by atoms with van der Waals surface area (Å²) in [7, 11) is -0.644. The maximum absolute atomic E-state index is 12.0. The number of ether oxygens (including phenoxy) is 2. The molecular weight excluding hydrogens is 559 g/mol. The lowest BCUT2D eigenvalue weighted by Crippen LogP contribution is -2.31. The number of methoxy groups -OCH3 is 1. The monoisotopic (exact) mass is 612 g/mol. The number of hydrogen-bond acceptors (Lipinski definition) is 8. The topological polar surface area (TPSA) is 89.5 Å². The second kappa shape index (κ2) is 24.0. The normalized spacial score (nSPS) is 14.3. The van der Waals surface area contributed by atoms with Crippen molar-refractivity contribution in [2.45, 2.75) is 109 Å². The van der Waals surface area contributed by atoms with Gasteiger partial charge in [0.15, 0.2) is 0 Å². The highest BCUT2D eigenvalue weighted by atomic mass is 32.2. The predicted octanol–water partition coefficient (Wildman–Crippen LogP) is 8.50. The van der Waals surface area contributed by atoms with Crippen molar-refractivity contribution in [3.05, 3.63) is 41.4 Å². The molecule has 2 atom stereocenters. The van der Waals surface area contributed by atoms with Gasteiger partial charge in [-0.05, 0) is 17.9 Å². The number of carbonyl (C=O) groups excluding carboxylic acids is 1. The fourth-order valence-corrected chi connectivity index (χ4v) is 5.93. The summed E-state index contributed by atoms with van der Waals surface area (Å²) in [6.45, 7) is 3.62. The molecule has 2 unspecified atom stereocenters. The second-order valence-corrected chi connectivity index (χ2v) is 12.3. The molecule has 1 heterocycles. The molecule has 1 aromatic carbocycles. The molecule has 2 rings (SSSR count). The summed E-state index contributed by atoms with van der Waals surface area (Å²) in [6.07, 6.45) is 19.3. The summed E-state index contributed by atoms with van der Waals surface area (Å²) >= 11 is 1.73. The van der Waals surface area contributed by atoms with Crippen LogP contribution in [0, 0.1) is 0 Å². The number of alkyl carbamates (subject to hydrolysis) is 1. The number of nitrogens with zero attached hydrogens (tertiary/aromatic N) is 1. The van der Waals surface area contributed by atoms with Gasteiger partial charge in [0.05, 0.1) is 12.5 Å². The minimum absolute atomic E-state index is 0.0276. The van der Waals surface area contributed by atoms with E-state index in [4.69, 9.17) is 18.5 Å². The van der Waals surface area contributed by atoms with Crippen molar-refractivity contribution in [1.29, 1.82) is 0 Å². The van der Waals surface area contributed by atoms with E-state index in [1.807, 2.05) is 30.5 Å². The molecule has 234 valence electrons. The number of unbranched alkanes of at least 4 members (excludes halogenated alkanes) is 13. The molecule has 0 fully saturated rings. The van der Waals surface area contributed by atoms with E-state index >= 15 is 0 Å². The van der Waals surface area contributed by atoms with E-state index in [1.165, 1.54) is 84.2 Å². The van der Waals surface area contributed by atoms with E-state index in [1.54, 1.807) is 11.8 Å². The Hall–Kier alpha value is -1.51. The van der Waals surface area contributed by atoms with Crippen molar-refractivity contribution in [2.75, 3.05) is 32.7 Å². The second-order valence-electron chi connectivity index (χ2n) is 10.5. The molecule has 0 radical (unpaired) electrons. The summed E-state index contributed by atoms with van der Waals surface area (Å²) in [5.41, 5.74) is 0.965. The van der Waals surface area contributed by atoms with Crippen LogP contribution in [0.1, 0.15) is 102 Å². The van der Waals surface area contributed by atoms with Crippen LogP contribution in [0.2, 0.25) is 0 Å². The highest BCUT2D eigenvalue weighted by Gasteiger charge is 2.18. The zero-order valence-corrected chi connectivity index (χ0v) is 27.0. The van der Waals surface area contributed by atoms with Crippen LogP contribution in [0.3, 0.4) is 0 Å². The van der Waals surface area contributed by atoms with E-state index in [0.29, 0.717) is 18.8 Å². The largest absolute Gasteiger partial charge is 0.447 e. The Bertz CT molecular complexity index is 834. The molecule has 1 amide bonds. The van der Waals surface area contributed by atoms with Crippen molar-refractivity contribution >= 4 is 26.5 Å². The third kappa shape index (κ3) is 17.9. The van der Waals surface area contributed by atoms with Crippen LogP contribution >= 0.6 is 20.4 Å². The van der Waals surface area contributed by atoms with Gasteiger partial charge in [0.1, 0.15) is 18.5 Å². The van der Waals surface area contributed by atoms with Crippen LogP contribution in [0.15, 0.2) is 35.9 Å². The molecule has 0 aliphatic carbocycles. The van der Waals surface area contributed by atoms with Gasteiger partial charge in [-0.25, -0.2) is 4.79 Å². The smallest absolute Gasteiger partial charge is 0.407 e. The number of thioether (sulfide) groups is 1. The zero-order valence-electron chi connectivity index (χ0n) is 25.3. The first kappa shape index (κ1) is 35.7. The number of rotatable bonds is 25. The van der Waals surface area contributed by atoms with Crippen LogP contribution in [0.25, 0.3) is 0 Å². The zero-order chi connectivity index (χ0) is 29.4. The first-order chi connectivity index (χ1) is 20.1. The number of carbonyl (C=O) groups is 1. The van der Waals surface area contributed by atoms with Crippen LogP contribution in [0.4, 0.5) is 4.79 Å². The average molecular weight is 613 g/mol. The Balaban J connectivity index is 1.45. The van der Waals surface area contributed by atoms with Crippen LogP contribution in [0.5, 0.6) is 5.75 Å². The van der Waals surface area contributed by atoms with E-state index in [9.17, 15) is 9.69 Å². The van der Waals surface area contributed by atoms with Crippen LogP contribution < -0.4 is 9.84 Å². The summed E-state index contributed by atoms with van der Waals surface area (Å²) < 4.78 is 21.8. The molecule has 10 heteroatoms. The lowest BCUT2D eigenvalue weighted by Gasteiger charge is -2.20. The Morgan fingerprint density at radius 1 is 0.976 bits per heavy atom. The quantitative estimate of drug-likeness (QED) is 0.0839. The lowest BCUT2D eigenvalue weighted by molar-refractivity contribution is 0.00597. The van der Waals surface area contributed by atoms with Crippen LogP contribution in [-0.4, -0.2) is 54.7 Å². The van der Waals surface area contributed by atoms with Gasteiger partial charge >= 0.3 is 14.7 Å². The Kier molecular flexibility index (Phi) is 20.9. The molecule has 0 bridgehead atoms. The summed E-state index contributed by atoms with van der Waals surface area (Å²) in [6, 6.07) is 7.59. The van der Waals surface area contributed by atoms with Crippen LogP contribution in [-0.2, 0) is 20.5 Å². The molecule has 0 spiro atoms. The molecule has 0 aromatic heterocycles. The van der Waals surface area contributed by atoms with Crippen molar-refractivity contribution < 1.29 is 28.2 Å². The molecule has 8 nitrogen and oxygen atoms in total. The summed E-state index contributed by atoms with van der Waals surface area (Å²) in [5.74, 6) is 1.47. The van der Waals surface area contributed by atoms with Gasteiger partial charge in [0.2, 0.25) is 0 Å². The maximum Gasteiger partial charge on any atom is 0.407 e. The number of benzene rings is 1. The van der Waals surface area contributed by atoms with Crippen molar-refractivity contribution in [2.24, 2.45) is 0 Å². The van der Waals surface area contributed by atoms with Gasteiger partial charge in [-0.15, -0.1) is 11.8 Å². The summed E-state index contributed by atoms with van der Waals surface area (Å²) in [4.78, 5) is 24.5. The highest BCUT2D eigenvalue weighted by molar-refractivity contribution is 8.02. The van der Waals surface area contributed by atoms with Gasteiger partial charge in [0.25, 0.3) is 0 Å². The van der Waals surface area contributed by atoms with Gasteiger partial charge in [-0.1, -0.05) is 109 Å². The number of amides is 1. The minimum Gasteiger partial charge on any atom is -0.447 e. The van der Waals surface area contributed by atoms with Gasteiger partial charge < -0.3 is 29.1 Å². The predicted molar refractivity (Wildman–Crippen MR) is 170 cm³/mol. The fourth-order valence-electron chi connectivity index (χ4n) is 4.52. The fraction of sp³-hybridized carbons (Fsp3) is 0.710. The highest BCUT2D eigenvalue weighted by Crippen LogP contribution is 2.37. The van der Waals surface area contributed by atoms with Gasteiger partial charge in [0, 0.05) is 32.0 Å². The number of para-hydroxylation sites is 1. The first-order valence-electron chi connectivity index (χ1n) is 15.5. The van der Waals surface area contributed by atoms with E-state index < -0.39 is 20.8 Å². The Morgan fingerprint density at radius 3 is 2.22 bits per heavy atom. The average Bonchev–Trinajstić information content (AvgIpc) is 3.49. The molecule has 2 N–H and O–H groups in total. The molecule has 1 aromatic rings. The maximum atomic E-state index is 12.0. The van der Waals surface area contributed by atoms with Crippen molar-refractivity contribution in [1.82, 2.24) is 10.2 Å². The molecule has 1 aliphatic heterocycles. The third-order valence-electron chi connectivity index (χ3n) is 7.03. The number of hydrogen-bond donors (Lipinski definition) is 2. The van der Waals surface area contributed by atoms with Crippen molar-refractivity contribution in [3.63, 3.8) is 0 Å². The van der Waals surface area contributed by atoms with Gasteiger partial charge in [-0.2, -0.15) is 0 Å². The summed E-state index contributed by atoms with van der Waals surface area (Å²) in [5, 5.41) is 4.86.